The smallest absolute Gasteiger partial charge is 0.266 e. The third kappa shape index (κ3) is 1.80. The molecule has 1 aromatic carbocycles. The van der Waals surface area contributed by atoms with E-state index >= 15 is 0 Å². The minimum Gasteiger partial charge on any atom is -0.274 e. The molecule has 86 valence electrons. The molecule has 4 nitrogen and oxygen atoms in total. The van der Waals surface area contributed by atoms with E-state index < -0.39 is 21.7 Å². The fourth-order valence-corrected chi connectivity index (χ4v) is 3.07. The van der Waals surface area contributed by atoms with Crippen LogP contribution in [-0.4, -0.2) is 25.2 Å². The van der Waals surface area contributed by atoms with Crippen LogP contribution >= 0.6 is 0 Å². The number of nitrogens with zero attached hydrogens (tertiary/aromatic N) is 1. The predicted molar refractivity (Wildman–Crippen MR) is 54.5 cm³/mol. The van der Waals surface area contributed by atoms with Gasteiger partial charge in [0.15, 0.2) is 0 Å². The zero-order valence-corrected chi connectivity index (χ0v) is 9.21. The minimum atomic E-state index is -3.79. The molecule has 1 amide bonds. The molecule has 6 heteroatoms. The van der Waals surface area contributed by atoms with Crippen molar-refractivity contribution >= 4 is 15.9 Å². The summed E-state index contributed by atoms with van der Waals surface area (Å²) in [5.41, 5.74) is 0. The molecule has 0 unspecified atom stereocenters. The Morgan fingerprint density at radius 1 is 1.19 bits per heavy atom. The van der Waals surface area contributed by atoms with Crippen molar-refractivity contribution in [2.45, 2.75) is 17.7 Å². The molecule has 1 saturated heterocycles. The Bertz CT molecular complexity index is 509. The summed E-state index contributed by atoms with van der Waals surface area (Å²) in [5, 5.41) is 0. The van der Waals surface area contributed by atoms with Crippen molar-refractivity contribution in [1.29, 1.82) is 0 Å². The van der Waals surface area contributed by atoms with E-state index in [0.29, 0.717) is 6.42 Å². The number of amides is 1. The van der Waals surface area contributed by atoms with Gasteiger partial charge < -0.3 is 0 Å². The van der Waals surface area contributed by atoms with Gasteiger partial charge in [-0.3, -0.25) is 4.79 Å². The van der Waals surface area contributed by atoms with Crippen LogP contribution in [0.1, 0.15) is 12.8 Å². The molecule has 1 fully saturated rings. The maximum atomic E-state index is 12.7. The third-order valence-corrected chi connectivity index (χ3v) is 4.27. The van der Waals surface area contributed by atoms with Gasteiger partial charge in [0, 0.05) is 13.0 Å². The highest BCUT2D eigenvalue weighted by Gasteiger charge is 2.32. The van der Waals surface area contributed by atoms with Gasteiger partial charge in [-0.1, -0.05) is 0 Å². The molecule has 0 aliphatic carbocycles. The van der Waals surface area contributed by atoms with E-state index in [9.17, 15) is 17.6 Å². The molecule has 16 heavy (non-hydrogen) atoms. The molecule has 0 N–H and O–H groups in total. The topological polar surface area (TPSA) is 54.5 Å². The van der Waals surface area contributed by atoms with Crippen LogP contribution in [-0.2, 0) is 14.8 Å². The van der Waals surface area contributed by atoms with Crippen molar-refractivity contribution < 1.29 is 17.6 Å². The van der Waals surface area contributed by atoms with Crippen molar-refractivity contribution in [3.05, 3.63) is 30.1 Å². The number of hydrogen-bond donors (Lipinski definition) is 0. The fraction of sp³-hybridized carbons (Fsp3) is 0.300. The lowest BCUT2D eigenvalue weighted by atomic mass is 10.4. The summed E-state index contributed by atoms with van der Waals surface area (Å²) in [6.07, 6.45) is 0.791. The number of rotatable bonds is 2. The molecular formula is C10H10FNO3S. The Morgan fingerprint density at radius 2 is 1.81 bits per heavy atom. The molecule has 0 saturated carbocycles. The Balaban J connectivity index is 2.39. The van der Waals surface area contributed by atoms with Crippen LogP contribution in [0.15, 0.2) is 29.2 Å². The maximum Gasteiger partial charge on any atom is 0.266 e. The van der Waals surface area contributed by atoms with Gasteiger partial charge in [0.05, 0.1) is 4.90 Å². The van der Waals surface area contributed by atoms with E-state index in [4.69, 9.17) is 0 Å². The lowest BCUT2D eigenvalue weighted by molar-refractivity contribution is -0.123. The number of carbonyl (C=O) groups excluding carboxylic acids is 1. The van der Waals surface area contributed by atoms with Crippen LogP contribution in [0.25, 0.3) is 0 Å². The average molecular weight is 243 g/mol. The van der Waals surface area contributed by atoms with Gasteiger partial charge in [-0.05, 0) is 30.7 Å². The van der Waals surface area contributed by atoms with Gasteiger partial charge in [-0.15, -0.1) is 0 Å². The fourth-order valence-electron chi connectivity index (χ4n) is 1.61. The van der Waals surface area contributed by atoms with Gasteiger partial charge in [0.25, 0.3) is 10.0 Å². The van der Waals surface area contributed by atoms with E-state index in [1.807, 2.05) is 0 Å². The molecule has 0 aromatic heterocycles. The Hall–Kier alpha value is -1.43. The number of hydrogen-bond acceptors (Lipinski definition) is 3. The first-order chi connectivity index (χ1) is 7.51. The highest BCUT2D eigenvalue weighted by molar-refractivity contribution is 7.89. The molecule has 0 bridgehead atoms. The molecule has 2 rings (SSSR count). The van der Waals surface area contributed by atoms with Gasteiger partial charge >= 0.3 is 0 Å². The first-order valence-corrected chi connectivity index (χ1v) is 6.27. The monoisotopic (exact) mass is 243 g/mol. The van der Waals surface area contributed by atoms with Crippen LogP contribution in [0, 0.1) is 5.82 Å². The highest BCUT2D eigenvalue weighted by atomic mass is 32.2. The summed E-state index contributed by atoms with van der Waals surface area (Å²) < 4.78 is 37.4. The Labute approximate surface area is 92.7 Å². The molecule has 1 heterocycles. The third-order valence-electron chi connectivity index (χ3n) is 2.43. The SMILES string of the molecule is O=C1CCCN1S(=O)(=O)c1ccc(F)cc1. The number of benzene rings is 1. The molecule has 1 aliphatic heterocycles. The lowest BCUT2D eigenvalue weighted by Crippen LogP contribution is -2.31. The van der Waals surface area contributed by atoms with Gasteiger partial charge in [-0.25, -0.2) is 17.1 Å². The van der Waals surface area contributed by atoms with Gasteiger partial charge in [-0.2, -0.15) is 0 Å². The van der Waals surface area contributed by atoms with Crippen molar-refractivity contribution in [2.24, 2.45) is 0 Å². The van der Waals surface area contributed by atoms with Crippen molar-refractivity contribution in [1.82, 2.24) is 4.31 Å². The van der Waals surface area contributed by atoms with E-state index in [2.05, 4.69) is 0 Å². The lowest BCUT2D eigenvalue weighted by Gasteiger charge is -2.15. The number of sulfonamides is 1. The van der Waals surface area contributed by atoms with E-state index in [1.165, 1.54) is 0 Å². The Morgan fingerprint density at radius 3 is 2.31 bits per heavy atom. The minimum absolute atomic E-state index is 0.0517. The molecule has 0 radical (unpaired) electrons. The van der Waals surface area contributed by atoms with Gasteiger partial charge in [0.2, 0.25) is 5.91 Å². The van der Waals surface area contributed by atoms with Crippen molar-refractivity contribution in [3.8, 4) is 0 Å². The second kappa shape index (κ2) is 3.86. The van der Waals surface area contributed by atoms with E-state index in [0.717, 1.165) is 28.6 Å². The largest absolute Gasteiger partial charge is 0.274 e. The Kier molecular flexibility index (Phi) is 2.67. The zero-order chi connectivity index (χ0) is 11.8. The second-order valence-corrected chi connectivity index (χ2v) is 5.39. The first-order valence-electron chi connectivity index (χ1n) is 4.83. The second-order valence-electron chi connectivity index (χ2n) is 3.53. The van der Waals surface area contributed by atoms with Crippen LogP contribution in [0.4, 0.5) is 4.39 Å². The summed E-state index contributed by atoms with van der Waals surface area (Å²) >= 11 is 0. The van der Waals surface area contributed by atoms with Crippen LogP contribution < -0.4 is 0 Å². The quantitative estimate of drug-likeness (QED) is 0.782. The molecule has 1 aromatic rings. The number of halogens is 1. The highest BCUT2D eigenvalue weighted by Crippen LogP contribution is 2.21. The normalized spacial score (nSPS) is 16.8. The number of carbonyl (C=O) groups is 1. The molecule has 0 atom stereocenters. The van der Waals surface area contributed by atoms with Gasteiger partial charge in [0.1, 0.15) is 5.82 Å². The van der Waals surface area contributed by atoms with E-state index in [1.54, 1.807) is 0 Å². The van der Waals surface area contributed by atoms with Crippen LogP contribution in [0.2, 0.25) is 0 Å². The standard InChI is InChI=1S/C10H10FNO3S/c11-8-3-5-9(6-4-8)16(14,15)12-7-1-2-10(12)13/h3-6H,1-2,7H2. The maximum absolute atomic E-state index is 12.7. The van der Waals surface area contributed by atoms with E-state index in [-0.39, 0.29) is 17.9 Å². The summed E-state index contributed by atoms with van der Waals surface area (Å²) in [6, 6.07) is 4.45. The average Bonchev–Trinajstić information content (AvgIpc) is 2.66. The molecule has 1 aliphatic rings. The molecule has 0 spiro atoms. The van der Waals surface area contributed by atoms with Crippen molar-refractivity contribution in [2.75, 3.05) is 6.54 Å². The van der Waals surface area contributed by atoms with Crippen molar-refractivity contribution in [3.63, 3.8) is 0 Å². The summed E-state index contributed by atoms with van der Waals surface area (Å²) in [4.78, 5) is 11.3. The predicted octanol–water partition coefficient (Wildman–Crippen LogP) is 1.14. The first kappa shape index (κ1) is 11.1. The van der Waals surface area contributed by atoms with Crippen LogP contribution in [0.5, 0.6) is 0 Å². The molecular weight excluding hydrogens is 233 g/mol. The van der Waals surface area contributed by atoms with Crippen LogP contribution in [0.3, 0.4) is 0 Å². The summed E-state index contributed by atoms with van der Waals surface area (Å²) in [7, 11) is -3.79. The summed E-state index contributed by atoms with van der Waals surface area (Å²) in [5.74, 6) is -0.906. The zero-order valence-electron chi connectivity index (χ0n) is 8.39. The summed E-state index contributed by atoms with van der Waals surface area (Å²) in [6.45, 7) is 0.207.